The van der Waals surface area contributed by atoms with E-state index in [0.29, 0.717) is 0 Å². The molecule has 9 heavy (non-hydrogen) atoms. The zero-order chi connectivity index (χ0) is 7.28. The van der Waals surface area contributed by atoms with E-state index in [1.165, 1.54) is 0 Å². The van der Waals surface area contributed by atoms with E-state index in [2.05, 4.69) is 0 Å². The number of hydrogen-bond acceptors (Lipinski definition) is 1. The summed E-state index contributed by atoms with van der Waals surface area (Å²) in [6, 6.07) is 0. The quantitative estimate of drug-likeness (QED) is 0.621. The van der Waals surface area contributed by atoms with Gasteiger partial charge in [-0.25, -0.2) is 4.39 Å². The minimum atomic E-state index is -0.819. The Morgan fingerprint density at radius 1 is 1.56 bits per heavy atom. The Morgan fingerprint density at radius 3 is 2.44 bits per heavy atom. The normalized spacial score (nSPS) is 17.3. The van der Waals surface area contributed by atoms with Crippen molar-refractivity contribution in [1.82, 2.24) is 0 Å². The molecule has 0 rings (SSSR count). The summed E-state index contributed by atoms with van der Waals surface area (Å²) in [6.45, 7) is 3.78. The highest BCUT2D eigenvalue weighted by molar-refractivity contribution is 4.61. The van der Waals surface area contributed by atoms with Gasteiger partial charge in [-0.05, 0) is 5.92 Å². The van der Waals surface area contributed by atoms with Crippen LogP contribution in [0.25, 0.3) is 0 Å². The molecule has 56 valence electrons. The molecule has 0 aliphatic rings. The molecule has 1 nitrogen and oxygen atoms in total. The maximum absolute atomic E-state index is 12.6. The van der Waals surface area contributed by atoms with Crippen molar-refractivity contribution in [3.8, 4) is 0 Å². The van der Waals surface area contributed by atoms with E-state index in [0.717, 1.165) is 6.42 Å². The Labute approximate surface area is 55.9 Å². The maximum atomic E-state index is 12.6. The molecule has 0 aromatic heterocycles. The van der Waals surface area contributed by atoms with Crippen LogP contribution < -0.4 is 0 Å². The third kappa shape index (κ3) is 3.46. The third-order valence-electron chi connectivity index (χ3n) is 1.67. The molecule has 0 spiro atoms. The van der Waals surface area contributed by atoms with Crippen LogP contribution in [-0.4, -0.2) is 17.9 Å². The first-order valence-corrected chi connectivity index (χ1v) is 3.47. The second-order valence-electron chi connectivity index (χ2n) is 2.41. The predicted molar refractivity (Wildman–Crippen MR) is 36.1 cm³/mol. The summed E-state index contributed by atoms with van der Waals surface area (Å²) in [4.78, 5) is 0. The van der Waals surface area contributed by atoms with E-state index >= 15 is 0 Å². The molecule has 1 N–H and O–H groups in total. The Bertz CT molecular complexity index is 65.9. The molecule has 0 saturated carbocycles. The first-order chi connectivity index (χ1) is 4.22. The molecule has 0 radical (unpaired) electrons. The van der Waals surface area contributed by atoms with Crippen LogP contribution in [0.4, 0.5) is 4.39 Å². The molecule has 0 heterocycles. The van der Waals surface area contributed by atoms with Gasteiger partial charge in [0.1, 0.15) is 6.17 Å². The fourth-order valence-electron chi connectivity index (χ4n) is 0.664. The van der Waals surface area contributed by atoms with E-state index in [1.807, 2.05) is 13.8 Å². The fourth-order valence-corrected chi connectivity index (χ4v) is 0.664. The van der Waals surface area contributed by atoms with Gasteiger partial charge in [-0.3, -0.25) is 0 Å². The van der Waals surface area contributed by atoms with Crippen LogP contribution in [0.1, 0.15) is 26.7 Å². The molecule has 0 aromatic rings. The second-order valence-corrected chi connectivity index (χ2v) is 2.41. The lowest BCUT2D eigenvalue weighted by Crippen LogP contribution is -2.12. The number of alkyl halides is 1. The Kier molecular flexibility index (Phi) is 4.68. The Morgan fingerprint density at radius 2 is 2.11 bits per heavy atom. The summed E-state index contributed by atoms with van der Waals surface area (Å²) < 4.78 is 12.6. The number of halogens is 1. The van der Waals surface area contributed by atoms with Crippen molar-refractivity contribution in [2.75, 3.05) is 6.61 Å². The van der Waals surface area contributed by atoms with Gasteiger partial charge >= 0.3 is 0 Å². The summed E-state index contributed by atoms with van der Waals surface area (Å²) in [6.07, 6.45) is 0.316. The Hall–Kier alpha value is -0.110. The molecule has 0 fully saturated rings. The van der Waals surface area contributed by atoms with Crippen molar-refractivity contribution in [1.29, 1.82) is 0 Å². The van der Waals surface area contributed by atoms with Gasteiger partial charge in [0.05, 0.1) is 0 Å². The van der Waals surface area contributed by atoms with Crippen LogP contribution in [0.5, 0.6) is 0 Å². The average Bonchev–Trinajstić information content (AvgIpc) is 1.87. The van der Waals surface area contributed by atoms with Crippen LogP contribution in [0.15, 0.2) is 0 Å². The summed E-state index contributed by atoms with van der Waals surface area (Å²) in [5.74, 6) is 0.0946. The predicted octanol–water partition coefficient (Wildman–Crippen LogP) is 1.75. The average molecular weight is 134 g/mol. The lowest BCUT2D eigenvalue weighted by atomic mass is 10.0. The first-order valence-electron chi connectivity index (χ1n) is 3.47. The van der Waals surface area contributed by atoms with Crippen molar-refractivity contribution in [2.24, 2.45) is 5.92 Å². The standard InChI is InChI=1S/C7H15FO/c1-3-6(2)7(8)4-5-9/h6-7,9H,3-5H2,1-2H3. The minimum absolute atomic E-state index is 0.0362. The molecule has 0 aliphatic heterocycles. The minimum Gasteiger partial charge on any atom is -0.396 e. The van der Waals surface area contributed by atoms with Crippen LogP contribution in [0.2, 0.25) is 0 Å². The highest BCUT2D eigenvalue weighted by Crippen LogP contribution is 2.13. The van der Waals surface area contributed by atoms with Gasteiger partial charge in [-0.1, -0.05) is 20.3 Å². The van der Waals surface area contributed by atoms with E-state index in [-0.39, 0.29) is 18.9 Å². The topological polar surface area (TPSA) is 20.2 Å². The second kappa shape index (κ2) is 4.74. The number of rotatable bonds is 4. The number of aliphatic hydroxyl groups is 1. The van der Waals surface area contributed by atoms with Crippen molar-refractivity contribution in [2.45, 2.75) is 32.9 Å². The van der Waals surface area contributed by atoms with Gasteiger partial charge in [0.15, 0.2) is 0 Å². The molecule has 2 atom stereocenters. The third-order valence-corrected chi connectivity index (χ3v) is 1.67. The molecule has 0 aromatic carbocycles. The summed E-state index contributed by atoms with van der Waals surface area (Å²) in [5.41, 5.74) is 0. The molecular weight excluding hydrogens is 119 g/mol. The zero-order valence-corrected chi connectivity index (χ0v) is 6.10. The van der Waals surface area contributed by atoms with Crippen molar-refractivity contribution in [3.63, 3.8) is 0 Å². The van der Waals surface area contributed by atoms with Gasteiger partial charge in [0, 0.05) is 13.0 Å². The highest BCUT2D eigenvalue weighted by Gasteiger charge is 2.12. The molecular formula is C7H15FO. The highest BCUT2D eigenvalue weighted by atomic mass is 19.1. The van der Waals surface area contributed by atoms with E-state index in [4.69, 9.17) is 5.11 Å². The Balaban J connectivity index is 3.32. The lowest BCUT2D eigenvalue weighted by Gasteiger charge is -2.12. The summed E-state index contributed by atoms with van der Waals surface area (Å²) in [7, 11) is 0. The fraction of sp³-hybridized carbons (Fsp3) is 1.00. The summed E-state index contributed by atoms with van der Waals surface area (Å²) in [5, 5.41) is 8.34. The number of aliphatic hydroxyl groups excluding tert-OH is 1. The van der Waals surface area contributed by atoms with Crippen molar-refractivity contribution in [3.05, 3.63) is 0 Å². The van der Waals surface area contributed by atoms with Gasteiger partial charge in [0.25, 0.3) is 0 Å². The van der Waals surface area contributed by atoms with Crippen LogP contribution in [-0.2, 0) is 0 Å². The lowest BCUT2D eigenvalue weighted by molar-refractivity contribution is 0.173. The van der Waals surface area contributed by atoms with Gasteiger partial charge in [-0.15, -0.1) is 0 Å². The van der Waals surface area contributed by atoms with Crippen LogP contribution in [0, 0.1) is 5.92 Å². The SMILES string of the molecule is CCC(C)C(F)CCO. The number of hydrogen-bond donors (Lipinski definition) is 1. The van der Waals surface area contributed by atoms with Crippen LogP contribution >= 0.6 is 0 Å². The maximum Gasteiger partial charge on any atom is 0.105 e. The molecule has 2 unspecified atom stereocenters. The van der Waals surface area contributed by atoms with Crippen molar-refractivity contribution < 1.29 is 9.50 Å². The zero-order valence-electron chi connectivity index (χ0n) is 6.10. The molecule has 0 saturated heterocycles. The molecule has 0 aliphatic carbocycles. The summed E-state index contributed by atoms with van der Waals surface area (Å²) >= 11 is 0. The van der Waals surface area contributed by atoms with Gasteiger partial charge in [-0.2, -0.15) is 0 Å². The van der Waals surface area contributed by atoms with Crippen LogP contribution in [0.3, 0.4) is 0 Å². The smallest absolute Gasteiger partial charge is 0.105 e. The van der Waals surface area contributed by atoms with E-state index in [1.54, 1.807) is 0 Å². The van der Waals surface area contributed by atoms with E-state index < -0.39 is 6.17 Å². The molecule has 0 amide bonds. The van der Waals surface area contributed by atoms with Gasteiger partial charge < -0.3 is 5.11 Å². The molecule has 0 bridgehead atoms. The largest absolute Gasteiger partial charge is 0.396 e. The first kappa shape index (κ1) is 8.89. The van der Waals surface area contributed by atoms with E-state index in [9.17, 15) is 4.39 Å². The van der Waals surface area contributed by atoms with Gasteiger partial charge in [0.2, 0.25) is 0 Å². The monoisotopic (exact) mass is 134 g/mol. The molecule has 2 heteroatoms. The van der Waals surface area contributed by atoms with Crippen molar-refractivity contribution >= 4 is 0 Å².